The summed E-state index contributed by atoms with van der Waals surface area (Å²) in [6.45, 7) is 4.27. The monoisotopic (exact) mass is 586 g/mol. The maximum absolute atomic E-state index is 3.48. The quantitative estimate of drug-likeness (QED) is 0.143. The zero-order valence-electron chi connectivity index (χ0n) is 25.7. The first kappa shape index (κ1) is 29.3. The topological polar surface area (TPSA) is 48.1 Å². The number of anilines is 7. The average molecular weight is 587 g/mol. The Morgan fingerprint density at radius 2 is 0.644 bits per heavy atom. The van der Waals surface area contributed by atoms with Gasteiger partial charge in [0.15, 0.2) is 0 Å². The molecule has 45 heavy (non-hydrogen) atoms. The first-order valence-electron chi connectivity index (χ1n) is 15.4. The van der Waals surface area contributed by atoms with Crippen LogP contribution < -0.4 is 21.3 Å². The van der Waals surface area contributed by atoms with Crippen molar-refractivity contribution in [1.82, 2.24) is 0 Å². The second kappa shape index (κ2) is 14.2. The minimum Gasteiger partial charge on any atom is -0.383 e. The third-order valence-electron chi connectivity index (χ3n) is 7.36. The molecule has 0 amide bonds. The van der Waals surface area contributed by atoms with E-state index in [1.165, 1.54) is 21.5 Å². The molecule has 4 N–H and O–H groups in total. The summed E-state index contributed by atoms with van der Waals surface area (Å²) in [6.07, 6.45) is 0. The van der Waals surface area contributed by atoms with Crippen molar-refractivity contribution in [2.45, 2.75) is 19.9 Å². The molecule has 0 aliphatic heterocycles. The van der Waals surface area contributed by atoms with Gasteiger partial charge in [0.05, 0.1) is 0 Å². The van der Waals surface area contributed by atoms with Crippen LogP contribution in [0.25, 0.3) is 21.5 Å². The van der Waals surface area contributed by atoms with Gasteiger partial charge in [-0.15, -0.1) is 0 Å². The molecule has 0 unspecified atom stereocenters. The van der Waals surface area contributed by atoms with Crippen LogP contribution in [0.3, 0.4) is 0 Å². The Bertz CT molecular complexity index is 1860. The molecular weight excluding hydrogens is 548 g/mol. The second-order valence-electron chi connectivity index (χ2n) is 11.3. The van der Waals surface area contributed by atoms with E-state index < -0.39 is 0 Å². The fourth-order valence-corrected chi connectivity index (χ4v) is 5.18. The first-order valence-corrected chi connectivity index (χ1v) is 15.4. The van der Waals surface area contributed by atoms with Gasteiger partial charge in [0.2, 0.25) is 0 Å². The van der Waals surface area contributed by atoms with Crippen LogP contribution in [-0.4, -0.2) is 6.04 Å². The van der Waals surface area contributed by atoms with Gasteiger partial charge in [-0.25, -0.2) is 0 Å². The highest BCUT2D eigenvalue weighted by atomic mass is 14.9. The smallest absolute Gasteiger partial charge is 0.0390 e. The summed E-state index contributed by atoms with van der Waals surface area (Å²) >= 11 is 0. The fraction of sp³-hybridized carbons (Fsp3) is 0.0732. The minimum absolute atomic E-state index is 0.461. The molecule has 0 saturated heterocycles. The van der Waals surface area contributed by atoms with E-state index in [-0.39, 0.29) is 0 Å². The molecule has 0 aromatic heterocycles. The lowest BCUT2D eigenvalue weighted by Crippen LogP contribution is -2.09. The van der Waals surface area contributed by atoms with Crippen LogP contribution in [0.2, 0.25) is 0 Å². The Balaban J connectivity index is 0.000000180. The lowest BCUT2D eigenvalue weighted by molar-refractivity contribution is 0.900. The van der Waals surface area contributed by atoms with Gasteiger partial charge in [0.1, 0.15) is 0 Å². The predicted octanol–water partition coefficient (Wildman–Crippen LogP) is 11.7. The number of fused-ring (bicyclic) bond motifs is 2. The van der Waals surface area contributed by atoms with Crippen LogP contribution in [0.5, 0.6) is 0 Å². The van der Waals surface area contributed by atoms with Crippen LogP contribution in [-0.2, 0) is 0 Å². The highest BCUT2D eigenvalue weighted by molar-refractivity contribution is 5.87. The number of hydrogen-bond donors (Lipinski definition) is 4. The highest BCUT2D eigenvalue weighted by Crippen LogP contribution is 2.26. The van der Waals surface area contributed by atoms with E-state index in [0.29, 0.717) is 6.04 Å². The summed E-state index contributed by atoms with van der Waals surface area (Å²) in [4.78, 5) is 0. The van der Waals surface area contributed by atoms with Gasteiger partial charge >= 0.3 is 0 Å². The Kier molecular flexibility index (Phi) is 9.23. The molecular formula is C41H38N4. The molecule has 0 aliphatic rings. The fourth-order valence-electron chi connectivity index (χ4n) is 5.18. The number of para-hydroxylation sites is 1. The molecule has 7 aromatic carbocycles. The van der Waals surface area contributed by atoms with Crippen LogP contribution in [0.15, 0.2) is 164 Å². The standard InChI is InChI=1S/C26H20N2.C15H18N2/c1-3-7-21-17-25(11-9-19(21)5-1)27-23-13-15-24(16-14-23)28-26-12-10-20-6-2-4-8-22(20)18-26;1-12(2)16-14-8-10-15(11-9-14)17-13-6-4-3-5-7-13/h1-18,27-28H;3-12,16-17H,1-2H3. The van der Waals surface area contributed by atoms with Crippen molar-refractivity contribution in [1.29, 1.82) is 0 Å². The largest absolute Gasteiger partial charge is 0.383 e. The van der Waals surface area contributed by atoms with Crippen molar-refractivity contribution in [2.24, 2.45) is 0 Å². The van der Waals surface area contributed by atoms with Gasteiger partial charge in [-0.3, -0.25) is 0 Å². The minimum atomic E-state index is 0.461. The SMILES string of the molecule is CC(C)Nc1ccc(Nc2ccccc2)cc1.c1ccc2cc(Nc3ccc(Nc4ccc5ccccc5c4)cc3)ccc2c1. The Morgan fingerprint density at radius 3 is 1.09 bits per heavy atom. The van der Waals surface area contributed by atoms with Crippen molar-refractivity contribution in [3.63, 3.8) is 0 Å². The molecule has 0 fully saturated rings. The van der Waals surface area contributed by atoms with Gasteiger partial charge in [0, 0.05) is 45.9 Å². The zero-order valence-corrected chi connectivity index (χ0v) is 25.7. The third kappa shape index (κ3) is 8.21. The molecule has 4 heteroatoms. The molecule has 0 radical (unpaired) electrons. The van der Waals surface area contributed by atoms with Crippen molar-refractivity contribution in [3.8, 4) is 0 Å². The van der Waals surface area contributed by atoms with Gasteiger partial charge in [-0.05, 0) is 120 Å². The van der Waals surface area contributed by atoms with E-state index in [4.69, 9.17) is 0 Å². The van der Waals surface area contributed by atoms with Crippen molar-refractivity contribution < 1.29 is 0 Å². The molecule has 0 spiro atoms. The number of nitrogens with one attached hydrogen (secondary N) is 4. The predicted molar refractivity (Wildman–Crippen MR) is 196 cm³/mol. The van der Waals surface area contributed by atoms with E-state index in [9.17, 15) is 0 Å². The van der Waals surface area contributed by atoms with Crippen LogP contribution in [0.1, 0.15) is 13.8 Å². The van der Waals surface area contributed by atoms with Crippen molar-refractivity contribution >= 4 is 61.4 Å². The van der Waals surface area contributed by atoms with E-state index in [1.54, 1.807) is 0 Å². The molecule has 0 saturated carbocycles. The molecule has 7 aromatic rings. The van der Waals surface area contributed by atoms with Crippen molar-refractivity contribution in [2.75, 3.05) is 21.3 Å². The molecule has 4 nitrogen and oxygen atoms in total. The normalized spacial score (nSPS) is 10.6. The zero-order chi connectivity index (χ0) is 30.8. The van der Waals surface area contributed by atoms with E-state index >= 15 is 0 Å². The summed E-state index contributed by atoms with van der Waals surface area (Å²) in [5, 5.41) is 18.7. The summed E-state index contributed by atoms with van der Waals surface area (Å²) < 4.78 is 0. The van der Waals surface area contributed by atoms with E-state index in [2.05, 4.69) is 181 Å². The summed E-state index contributed by atoms with van der Waals surface area (Å²) in [5.74, 6) is 0. The number of rotatable bonds is 8. The lowest BCUT2D eigenvalue weighted by atomic mass is 10.1. The Hall–Kier alpha value is -5.74. The second-order valence-corrected chi connectivity index (χ2v) is 11.3. The molecule has 7 rings (SSSR count). The molecule has 0 atom stereocenters. The van der Waals surface area contributed by atoms with Gasteiger partial charge < -0.3 is 21.3 Å². The molecule has 0 bridgehead atoms. The van der Waals surface area contributed by atoms with Gasteiger partial charge in [0.25, 0.3) is 0 Å². The lowest BCUT2D eigenvalue weighted by Gasteiger charge is -2.11. The third-order valence-corrected chi connectivity index (χ3v) is 7.36. The summed E-state index contributed by atoms with van der Waals surface area (Å²) in [5.41, 5.74) is 7.68. The van der Waals surface area contributed by atoms with E-state index in [1.807, 2.05) is 18.2 Å². The highest BCUT2D eigenvalue weighted by Gasteiger charge is 2.01. The maximum Gasteiger partial charge on any atom is 0.0390 e. The Labute approximate surface area is 265 Å². The van der Waals surface area contributed by atoms with Gasteiger partial charge in [-0.2, -0.15) is 0 Å². The summed E-state index contributed by atoms with van der Waals surface area (Å²) in [6, 6.07) is 57.0. The molecule has 0 aliphatic carbocycles. The van der Waals surface area contributed by atoms with Crippen LogP contribution in [0, 0.1) is 0 Å². The average Bonchev–Trinajstić information content (AvgIpc) is 3.07. The van der Waals surface area contributed by atoms with Crippen LogP contribution in [0.4, 0.5) is 39.8 Å². The summed E-state index contributed by atoms with van der Waals surface area (Å²) in [7, 11) is 0. The Morgan fingerprint density at radius 1 is 0.311 bits per heavy atom. The number of benzene rings is 7. The van der Waals surface area contributed by atoms with Crippen LogP contribution >= 0.6 is 0 Å². The molecule has 222 valence electrons. The van der Waals surface area contributed by atoms with Gasteiger partial charge in [-0.1, -0.05) is 78.9 Å². The maximum atomic E-state index is 3.48. The first-order chi connectivity index (χ1) is 22.1. The molecule has 0 heterocycles. The van der Waals surface area contributed by atoms with Crippen molar-refractivity contribution in [3.05, 3.63) is 164 Å². The number of hydrogen-bond acceptors (Lipinski definition) is 4. The van der Waals surface area contributed by atoms with E-state index in [0.717, 1.165) is 39.8 Å².